The van der Waals surface area contributed by atoms with Gasteiger partial charge in [-0.2, -0.15) is 5.10 Å². The number of benzene rings is 1. The molecule has 3 N–H and O–H groups in total. The van der Waals surface area contributed by atoms with Gasteiger partial charge in [-0.1, -0.05) is 32.9 Å². The smallest absolute Gasteiger partial charge is 0.309 e. The first-order chi connectivity index (χ1) is 19.2. The Labute approximate surface area is 233 Å². The van der Waals surface area contributed by atoms with E-state index in [1.54, 1.807) is 12.4 Å². The Balaban J connectivity index is 1.27. The van der Waals surface area contributed by atoms with Crippen molar-refractivity contribution in [1.29, 1.82) is 0 Å². The lowest BCUT2D eigenvalue weighted by Gasteiger charge is -2.20. The molecule has 11 nitrogen and oxygen atoms in total. The van der Waals surface area contributed by atoms with Gasteiger partial charge in [0.25, 0.3) is 0 Å². The van der Waals surface area contributed by atoms with Crippen LogP contribution in [-0.4, -0.2) is 54.3 Å². The Bertz CT molecular complexity index is 1520. The summed E-state index contributed by atoms with van der Waals surface area (Å²) in [5.74, 6) is 1.37. The lowest BCUT2D eigenvalue weighted by molar-refractivity contribution is 0.0894. The number of nitrogens with zero attached hydrogens (tertiary/aromatic N) is 6. The van der Waals surface area contributed by atoms with Crippen molar-refractivity contribution in [2.75, 3.05) is 18.4 Å². The topological polar surface area (TPSA) is 138 Å². The highest BCUT2D eigenvalue weighted by molar-refractivity contribution is 5.89. The zero-order valence-electron chi connectivity index (χ0n) is 23.4. The number of carbonyl (C=O) groups is 1. The third kappa shape index (κ3) is 5.74. The Morgan fingerprint density at radius 3 is 2.75 bits per heavy atom. The second-order valence-corrected chi connectivity index (χ2v) is 11.9. The average Bonchev–Trinajstić information content (AvgIpc) is 3.47. The number of fused-ring (bicyclic) bond motifs is 1. The molecule has 40 heavy (non-hydrogen) atoms. The molecule has 1 atom stereocenters. The fourth-order valence-corrected chi connectivity index (χ4v) is 5.02. The maximum atomic E-state index is 13.2. The third-order valence-electron chi connectivity index (χ3n) is 7.45. The molecule has 6 rings (SSSR count). The maximum Gasteiger partial charge on any atom is 0.309 e. The largest absolute Gasteiger partial charge is 0.416 e. The summed E-state index contributed by atoms with van der Waals surface area (Å²) in [7, 11) is 0. The van der Waals surface area contributed by atoms with Crippen molar-refractivity contribution >= 4 is 17.5 Å². The average molecular weight is 542 g/mol. The minimum Gasteiger partial charge on any atom is -0.416 e. The van der Waals surface area contributed by atoms with E-state index < -0.39 is 0 Å². The van der Waals surface area contributed by atoms with E-state index in [9.17, 15) is 4.79 Å². The summed E-state index contributed by atoms with van der Waals surface area (Å²) in [5, 5.41) is 21.5. The van der Waals surface area contributed by atoms with Gasteiger partial charge in [-0.3, -0.25) is 14.8 Å². The minimum absolute atomic E-state index is 0.00365. The van der Waals surface area contributed by atoms with Crippen LogP contribution in [0.4, 0.5) is 11.6 Å². The fourth-order valence-electron chi connectivity index (χ4n) is 5.02. The van der Waals surface area contributed by atoms with E-state index >= 15 is 0 Å². The van der Waals surface area contributed by atoms with Crippen molar-refractivity contribution < 1.29 is 9.21 Å². The summed E-state index contributed by atoms with van der Waals surface area (Å²) in [5.41, 5.74) is 5.53. The first-order valence-corrected chi connectivity index (χ1v) is 13.8. The lowest BCUT2D eigenvalue weighted by atomic mass is 9.96. The third-order valence-corrected chi connectivity index (χ3v) is 7.45. The Morgan fingerprint density at radius 2 is 2.02 bits per heavy atom. The van der Waals surface area contributed by atoms with Gasteiger partial charge in [-0.25, -0.2) is 9.97 Å². The summed E-state index contributed by atoms with van der Waals surface area (Å²) in [6.07, 6.45) is 6.86. The number of rotatable bonds is 7. The van der Waals surface area contributed by atoms with E-state index in [-0.39, 0.29) is 23.3 Å². The zero-order valence-corrected chi connectivity index (χ0v) is 23.4. The van der Waals surface area contributed by atoms with Gasteiger partial charge < -0.3 is 15.1 Å². The van der Waals surface area contributed by atoms with Gasteiger partial charge in [0.1, 0.15) is 0 Å². The summed E-state index contributed by atoms with van der Waals surface area (Å²) in [6.45, 7) is 10.7. The fraction of sp³-hybridized carbons (Fsp3) is 0.448. The van der Waals surface area contributed by atoms with E-state index in [1.807, 2.05) is 33.8 Å². The van der Waals surface area contributed by atoms with Crippen LogP contribution >= 0.6 is 0 Å². The van der Waals surface area contributed by atoms with Crippen molar-refractivity contribution in [1.82, 2.24) is 40.6 Å². The van der Waals surface area contributed by atoms with E-state index in [2.05, 4.69) is 59.1 Å². The van der Waals surface area contributed by atoms with Crippen LogP contribution in [-0.2, 0) is 12.0 Å². The Morgan fingerprint density at radius 1 is 1.18 bits per heavy atom. The molecule has 3 aromatic heterocycles. The van der Waals surface area contributed by atoms with Crippen molar-refractivity contribution in [3.63, 3.8) is 0 Å². The van der Waals surface area contributed by atoms with E-state index in [0.717, 1.165) is 60.2 Å². The van der Waals surface area contributed by atoms with Crippen LogP contribution in [0, 0.1) is 12.8 Å². The molecular weight excluding hydrogens is 506 g/mol. The van der Waals surface area contributed by atoms with E-state index in [1.165, 1.54) is 18.4 Å². The Hall–Kier alpha value is -4.12. The summed E-state index contributed by atoms with van der Waals surface area (Å²) >= 11 is 0. The number of hydrogen-bond acceptors (Lipinski definition) is 9. The molecule has 0 spiro atoms. The quantitative estimate of drug-likeness (QED) is 0.304. The number of anilines is 2. The first kappa shape index (κ1) is 26.1. The summed E-state index contributed by atoms with van der Waals surface area (Å²) < 4.78 is 5.71. The van der Waals surface area contributed by atoms with Crippen LogP contribution < -0.4 is 10.6 Å². The summed E-state index contributed by atoms with van der Waals surface area (Å²) in [6, 6.07) is 8.11. The molecule has 4 aromatic rings. The SMILES string of the molecule is Cc1[nH]ncc1Nc1nccc(-c2ccc3c(c2)CN(CC2CC2)CC[C@@H]3NC(=O)c2nnc(C(C)(C)C)o2)n1. The van der Waals surface area contributed by atoms with Gasteiger partial charge in [0, 0.05) is 36.8 Å². The van der Waals surface area contributed by atoms with Crippen LogP contribution in [0.15, 0.2) is 41.1 Å². The van der Waals surface area contributed by atoms with Crippen LogP contribution in [0.1, 0.15) is 79.5 Å². The molecule has 0 saturated heterocycles. The highest BCUT2D eigenvalue weighted by Gasteiger charge is 2.30. The minimum atomic E-state index is -0.347. The number of aryl methyl sites for hydroxylation is 1. The van der Waals surface area contributed by atoms with Gasteiger partial charge in [-0.15, -0.1) is 10.2 Å². The monoisotopic (exact) mass is 541 g/mol. The van der Waals surface area contributed by atoms with Crippen molar-refractivity contribution in [3.05, 3.63) is 65.3 Å². The van der Waals surface area contributed by atoms with Gasteiger partial charge >= 0.3 is 11.8 Å². The molecule has 1 fully saturated rings. The number of H-pyrrole nitrogens is 1. The highest BCUT2D eigenvalue weighted by atomic mass is 16.4. The van der Waals surface area contributed by atoms with Crippen LogP contribution in [0.2, 0.25) is 0 Å². The predicted octanol–water partition coefficient (Wildman–Crippen LogP) is 4.69. The van der Waals surface area contributed by atoms with Gasteiger partial charge in [-0.05, 0) is 55.4 Å². The molecule has 1 aliphatic heterocycles. The van der Waals surface area contributed by atoms with Gasteiger partial charge in [0.2, 0.25) is 11.8 Å². The van der Waals surface area contributed by atoms with E-state index in [0.29, 0.717) is 11.8 Å². The number of hydrogen-bond donors (Lipinski definition) is 3. The molecule has 0 radical (unpaired) electrons. The maximum absolute atomic E-state index is 13.2. The molecule has 1 aliphatic carbocycles. The second-order valence-electron chi connectivity index (χ2n) is 11.9. The molecule has 2 aliphatic rings. The molecule has 208 valence electrons. The number of amides is 1. The molecule has 11 heteroatoms. The number of aromatic amines is 1. The lowest BCUT2D eigenvalue weighted by Crippen LogP contribution is -2.31. The predicted molar refractivity (Wildman–Crippen MR) is 150 cm³/mol. The molecule has 1 aromatic carbocycles. The standard InChI is InChI=1S/C29H35N9O2/c1-17-24(14-31-35-17)34-28-30-11-9-22(33-28)19-7-8-21-20(13-19)16-38(15-18-5-6-18)12-10-23(21)32-25(39)26-36-37-27(40-26)29(2,3)4/h7-9,11,13-14,18,23H,5-6,10,12,15-16H2,1-4H3,(H,31,35)(H,32,39)(H,30,33,34)/t23-/m0/s1. The van der Waals surface area contributed by atoms with E-state index in [4.69, 9.17) is 9.40 Å². The first-order valence-electron chi connectivity index (χ1n) is 13.8. The molecule has 1 amide bonds. The molecule has 1 saturated carbocycles. The van der Waals surface area contributed by atoms with Crippen LogP contribution in [0.5, 0.6) is 0 Å². The van der Waals surface area contributed by atoms with Gasteiger partial charge in [0.15, 0.2) is 0 Å². The van der Waals surface area contributed by atoms with Gasteiger partial charge in [0.05, 0.1) is 29.3 Å². The summed E-state index contributed by atoms with van der Waals surface area (Å²) in [4.78, 5) is 24.8. The number of nitrogens with one attached hydrogen (secondary N) is 3. The normalized spacial score (nSPS) is 17.8. The number of carbonyl (C=O) groups excluding carboxylic acids is 1. The van der Waals surface area contributed by atoms with Crippen molar-refractivity contribution in [2.24, 2.45) is 5.92 Å². The van der Waals surface area contributed by atoms with Crippen molar-refractivity contribution in [2.45, 2.75) is 65.0 Å². The number of aromatic nitrogens is 6. The molecule has 0 unspecified atom stereocenters. The molecule has 4 heterocycles. The Kier molecular flexibility index (Phi) is 6.83. The van der Waals surface area contributed by atoms with Crippen LogP contribution in [0.3, 0.4) is 0 Å². The molecule has 0 bridgehead atoms. The van der Waals surface area contributed by atoms with Crippen molar-refractivity contribution in [3.8, 4) is 11.3 Å². The second kappa shape index (κ2) is 10.5. The van der Waals surface area contributed by atoms with Crippen LogP contribution in [0.25, 0.3) is 11.3 Å². The highest BCUT2D eigenvalue weighted by Crippen LogP contribution is 2.35. The zero-order chi connectivity index (χ0) is 27.9. The molecular formula is C29H35N9O2.